The summed E-state index contributed by atoms with van der Waals surface area (Å²) < 4.78 is 6.69. The van der Waals surface area contributed by atoms with Gasteiger partial charge in [-0.3, -0.25) is 4.79 Å². The highest BCUT2D eigenvalue weighted by Crippen LogP contribution is 2.18. The molecule has 106 valence electrons. The summed E-state index contributed by atoms with van der Waals surface area (Å²) in [7, 11) is 1.54. The number of hydrogen-bond acceptors (Lipinski definition) is 5. The van der Waals surface area contributed by atoms with Crippen LogP contribution in [0, 0.1) is 0 Å². The van der Waals surface area contributed by atoms with Crippen molar-refractivity contribution in [1.82, 2.24) is 14.8 Å². The van der Waals surface area contributed by atoms with Crippen molar-refractivity contribution in [3.63, 3.8) is 0 Å². The Kier molecular flexibility index (Phi) is 4.80. The monoisotopic (exact) mass is 275 g/mol. The predicted molar refractivity (Wildman–Crippen MR) is 74.5 cm³/mol. The van der Waals surface area contributed by atoms with Gasteiger partial charge < -0.3 is 15.8 Å². The maximum Gasteiger partial charge on any atom is 0.227 e. The summed E-state index contributed by atoms with van der Waals surface area (Å²) in [5, 5.41) is 6.89. The van der Waals surface area contributed by atoms with E-state index in [0.717, 1.165) is 5.69 Å². The number of benzene rings is 1. The van der Waals surface area contributed by atoms with Crippen LogP contribution in [-0.4, -0.2) is 40.4 Å². The van der Waals surface area contributed by atoms with Crippen LogP contribution in [0.1, 0.15) is 6.42 Å². The molecule has 7 heteroatoms. The second kappa shape index (κ2) is 6.78. The summed E-state index contributed by atoms with van der Waals surface area (Å²) in [4.78, 5) is 15.9. The molecular weight excluding hydrogens is 258 g/mol. The maximum absolute atomic E-state index is 12.0. The zero-order valence-corrected chi connectivity index (χ0v) is 11.2. The highest BCUT2D eigenvalue weighted by Gasteiger charge is 2.13. The molecule has 0 fully saturated rings. The van der Waals surface area contributed by atoms with Gasteiger partial charge in [-0.25, -0.2) is 9.67 Å². The van der Waals surface area contributed by atoms with Gasteiger partial charge in [0.2, 0.25) is 5.91 Å². The van der Waals surface area contributed by atoms with E-state index in [1.165, 1.54) is 13.4 Å². The Labute approximate surface area is 116 Å². The zero-order valence-electron chi connectivity index (χ0n) is 11.2. The first kappa shape index (κ1) is 14.2. The lowest BCUT2D eigenvalue weighted by Crippen LogP contribution is -2.28. The molecule has 0 radical (unpaired) electrons. The third kappa shape index (κ3) is 3.40. The fourth-order valence-electron chi connectivity index (χ4n) is 1.78. The molecule has 0 spiro atoms. The normalized spacial score (nSPS) is 12.1. The van der Waals surface area contributed by atoms with Crippen LogP contribution in [0.2, 0.25) is 0 Å². The van der Waals surface area contributed by atoms with Crippen LogP contribution >= 0.6 is 0 Å². The molecule has 1 aromatic heterocycles. The third-order valence-electron chi connectivity index (χ3n) is 2.85. The van der Waals surface area contributed by atoms with E-state index in [1.807, 2.05) is 18.2 Å². The van der Waals surface area contributed by atoms with Gasteiger partial charge >= 0.3 is 0 Å². The van der Waals surface area contributed by atoms with Crippen molar-refractivity contribution in [2.45, 2.75) is 12.5 Å². The number of carbonyl (C=O) groups is 1. The van der Waals surface area contributed by atoms with Crippen LogP contribution < -0.4 is 11.1 Å². The Morgan fingerprint density at radius 1 is 1.50 bits per heavy atom. The van der Waals surface area contributed by atoms with Gasteiger partial charge in [0.15, 0.2) is 0 Å². The van der Waals surface area contributed by atoms with Gasteiger partial charge in [-0.1, -0.05) is 12.1 Å². The highest BCUT2D eigenvalue weighted by atomic mass is 16.5. The van der Waals surface area contributed by atoms with Crippen molar-refractivity contribution in [3.05, 3.63) is 36.9 Å². The Balaban J connectivity index is 2.12. The quantitative estimate of drug-likeness (QED) is 0.803. The molecule has 0 aliphatic carbocycles. The minimum absolute atomic E-state index is 0.158. The van der Waals surface area contributed by atoms with E-state index in [0.29, 0.717) is 12.2 Å². The van der Waals surface area contributed by atoms with Crippen molar-refractivity contribution >= 4 is 11.6 Å². The molecule has 0 aliphatic rings. The molecular formula is C13H17N5O2. The summed E-state index contributed by atoms with van der Waals surface area (Å²) in [5.41, 5.74) is 6.92. The average molecular weight is 275 g/mol. The van der Waals surface area contributed by atoms with E-state index < -0.39 is 0 Å². The zero-order chi connectivity index (χ0) is 14.4. The standard InChI is InChI=1S/C13H17N5O2/c1-20-10(7-14)6-13(19)17-11-4-2-3-5-12(11)18-9-15-8-16-18/h2-5,8-10H,6-7,14H2,1H3,(H,17,19). The van der Waals surface area contributed by atoms with Gasteiger partial charge in [-0.15, -0.1) is 0 Å². The lowest BCUT2D eigenvalue weighted by molar-refractivity contribution is -0.118. The Morgan fingerprint density at radius 2 is 2.30 bits per heavy atom. The molecule has 0 aliphatic heterocycles. The van der Waals surface area contributed by atoms with Gasteiger partial charge in [0.05, 0.1) is 23.9 Å². The number of methoxy groups -OCH3 is 1. The van der Waals surface area contributed by atoms with E-state index in [-0.39, 0.29) is 18.4 Å². The molecule has 1 unspecified atom stereocenters. The molecule has 2 aromatic rings. The lowest BCUT2D eigenvalue weighted by Gasteiger charge is -2.14. The second-order valence-electron chi connectivity index (χ2n) is 4.20. The van der Waals surface area contributed by atoms with Crippen LogP contribution in [0.5, 0.6) is 0 Å². The number of amides is 1. The van der Waals surface area contributed by atoms with Crippen LogP contribution in [0.4, 0.5) is 5.69 Å². The fourth-order valence-corrected chi connectivity index (χ4v) is 1.78. The minimum atomic E-state index is -0.284. The van der Waals surface area contributed by atoms with Crippen molar-refractivity contribution in [3.8, 4) is 5.69 Å². The van der Waals surface area contributed by atoms with Gasteiger partial charge in [0, 0.05) is 13.7 Å². The van der Waals surface area contributed by atoms with E-state index in [4.69, 9.17) is 10.5 Å². The summed E-state index contributed by atoms with van der Waals surface area (Å²) in [6.07, 6.45) is 2.93. The van der Waals surface area contributed by atoms with Crippen LogP contribution in [-0.2, 0) is 9.53 Å². The molecule has 0 saturated heterocycles. The molecule has 1 atom stereocenters. The Morgan fingerprint density at radius 3 is 2.95 bits per heavy atom. The molecule has 1 amide bonds. The molecule has 3 N–H and O–H groups in total. The fraction of sp³-hybridized carbons (Fsp3) is 0.308. The number of nitrogens with zero attached hydrogens (tertiary/aromatic N) is 3. The Bertz CT molecular complexity index is 552. The molecule has 1 aromatic carbocycles. The third-order valence-corrected chi connectivity index (χ3v) is 2.85. The number of nitrogens with one attached hydrogen (secondary N) is 1. The summed E-state index contributed by atoms with van der Waals surface area (Å²) in [5.74, 6) is -0.158. The summed E-state index contributed by atoms with van der Waals surface area (Å²) in [6.45, 7) is 0.300. The first-order valence-electron chi connectivity index (χ1n) is 6.21. The average Bonchev–Trinajstić information content (AvgIpc) is 2.99. The number of hydrogen-bond donors (Lipinski definition) is 2. The number of anilines is 1. The highest BCUT2D eigenvalue weighted by molar-refractivity contribution is 5.93. The lowest BCUT2D eigenvalue weighted by atomic mass is 10.2. The summed E-state index contributed by atoms with van der Waals surface area (Å²) >= 11 is 0. The van der Waals surface area contributed by atoms with E-state index >= 15 is 0 Å². The van der Waals surface area contributed by atoms with Gasteiger partial charge in [-0.05, 0) is 12.1 Å². The second-order valence-corrected chi connectivity index (χ2v) is 4.20. The number of carbonyl (C=O) groups excluding carboxylic acids is 1. The SMILES string of the molecule is COC(CN)CC(=O)Nc1ccccc1-n1cncn1. The molecule has 7 nitrogen and oxygen atoms in total. The largest absolute Gasteiger partial charge is 0.380 e. The molecule has 1 heterocycles. The first-order valence-corrected chi connectivity index (χ1v) is 6.21. The van der Waals surface area contributed by atoms with Crippen molar-refractivity contribution < 1.29 is 9.53 Å². The van der Waals surface area contributed by atoms with E-state index in [2.05, 4.69) is 15.4 Å². The molecule has 20 heavy (non-hydrogen) atoms. The van der Waals surface area contributed by atoms with Gasteiger partial charge in [0.25, 0.3) is 0 Å². The molecule has 2 rings (SSSR count). The molecule has 0 saturated carbocycles. The van der Waals surface area contributed by atoms with Crippen LogP contribution in [0.15, 0.2) is 36.9 Å². The van der Waals surface area contributed by atoms with Gasteiger partial charge in [0.1, 0.15) is 12.7 Å². The number of ether oxygens (including phenoxy) is 1. The first-order chi connectivity index (χ1) is 9.74. The number of aromatic nitrogens is 3. The Hall–Kier alpha value is -2.25. The van der Waals surface area contributed by atoms with Crippen molar-refractivity contribution in [1.29, 1.82) is 0 Å². The summed E-state index contributed by atoms with van der Waals surface area (Å²) in [6, 6.07) is 7.36. The number of para-hydroxylation sites is 2. The number of rotatable bonds is 6. The minimum Gasteiger partial charge on any atom is -0.380 e. The van der Waals surface area contributed by atoms with Crippen LogP contribution in [0.3, 0.4) is 0 Å². The number of nitrogens with two attached hydrogens (primary N) is 1. The molecule has 0 bridgehead atoms. The topological polar surface area (TPSA) is 95.1 Å². The smallest absolute Gasteiger partial charge is 0.227 e. The van der Waals surface area contributed by atoms with Crippen molar-refractivity contribution in [2.75, 3.05) is 19.0 Å². The van der Waals surface area contributed by atoms with Crippen molar-refractivity contribution in [2.24, 2.45) is 5.73 Å². The maximum atomic E-state index is 12.0. The van der Waals surface area contributed by atoms with E-state index in [1.54, 1.807) is 17.1 Å². The van der Waals surface area contributed by atoms with Crippen LogP contribution in [0.25, 0.3) is 5.69 Å². The predicted octanol–water partition coefficient (Wildman–Crippen LogP) is 0.570. The van der Waals surface area contributed by atoms with Gasteiger partial charge in [-0.2, -0.15) is 5.10 Å². The van der Waals surface area contributed by atoms with E-state index in [9.17, 15) is 4.79 Å².